The summed E-state index contributed by atoms with van der Waals surface area (Å²) in [5, 5.41) is 0. The van der Waals surface area contributed by atoms with E-state index in [1.54, 1.807) is 24.3 Å². The molecule has 1 aliphatic rings. The van der Waals surface area contributed by atoms with Gasteiger partial charge in [0.15, 0.2) is 0 Å². The van der Waals surface area contributed by atoms with Gasteiger partial charge in [0.2, 0.25) is 0 Å². The first-order valence-electron chi connectivity index (χ1n) is 6.20. The zero-order chi connectivity index (χ0) is 14.0. The SMILES string of the molecule is CC(C)CC(=O)C[C@@H]1NS(=O)(=O)Oc2ccccc21. The van der Waals surface area contributed by atoms with Crippen molar-refractivity contribution in [2.75, 3.05) is 0 Å². The molecule has 0 radical (unpaired) electrons. The van der Waals surface area contributed by atoms with E-state index in [4.69, 9.17) is 4.18 Å². The van der Waals surface area contributed by atoms with Crippen LogP contribution in [0.15, 0.2) is 24.3 Å². The number of hydrogen-bond acceptors (Lipinski definition) is 4. The van der Waals surface area contributed by atoms with Crippen LogP contribution in [0.25, 0.3) is 0 Å². The highest BCUT2D eigenvalue weighted by molar-refractivity contribution is 7.85. The fourth-order valence-electron chi connectivity index (χ4n) is 2.14. The van der Waals surface area contributed by atoms with Crippen molar-refractivity contribution in [1.29, 1.82) is 0 Å². The molecule has 1 aromatic carbocycles. The molecule has 0 aliphatic carbocycles. The van der Waals surface area contributed by atoms with Crippen LogP contribution in [-0.2, 0) is 15.1 Å². The summed E-state index contributed by atoms with van der Waals surface area (Å²) in [6.45, 7) is 3.92. The minimum Gasteiger partial charge on any atom is -0.371 e. The summed E-state index contributed by atoms with van der Waals surface area (Å²) in [4.78, 5) is 11.9. The number of rotatable bonds is 4. The summed E-state index contributed by atoms with van der Waals surface area (Å²) >= 11 is 0. The van der Waals surface area contributed by atoms with Crippen LogP contribution in [0.2, 0.25) is 0 Å². The molecule has 1 aromatic rings. The average molecular weight is 283 g/mol. The molecular weight excluding hydrogens is 266 g/mol. The van der Waals surface area contributed by atoms with Crippen LogP contribution in [-0.4, -0.2) is 14.2 Å². The predicted octanol–water partition coefficient (Wildman–Crippen LogP) is 1.96. The van der Waals surface area contributed by atoms with Crippen LogP contribution in [0.4, 0.5) is 0 Å². The second-order valence-corrected chi connectivity index (χ2v) is 6.40. The van der Waals surface area contributed by atoms with E-state index in [9.17, 15) is 13.2 Å². The molecule has 0 unspecified atom stereocenters. The van der Waals surface area contributed by atoms with Crippen LogP contribution in [0, 0.1) is 5.92 Å². The molecule has 0 fully saturated rings. The smallest absolute Gasteiger partial charge is 0.371 e. The highest BCUT2D eigenvalue weighted by atomic mass is 32.2. The van der Waals surface area contributed by atoms with Gasteiger partial charge >= 0.3 is 10.3 Å². The molecule has 0 bridgehead atoms. The van der Waals surface area contributed by atoms with Crippen molar-refractivity contribution < 1.29 is 17.4 Å². The Labute approximate surface area is 113 Å². The minimum atomic E-state index is -3.82. The lowest BCUT2D eigenvalue weighted by molar-refractivity contribution is -0.120. The lowest BCUT2D eigenvalue weighted by Crippen LogP contribution is -2.37. The molecule has 1 atom stereocenters. The van der Waals surface area contributed by atoms with Gasteiger partial charge < -0.3 is 4.18 Å². The van der Waals surface area contributed by atoms with Crippen LogP contribution in [0.5, 0.6) is 5.75 Å². The largest absolute Gasteiger partial charge is 0.383 e. The summed E-state index contributed by atoms with van der Waals surface area (Å²) in [5.74, 6) is 0.599. The number of fused-ring (bicyclic) bond motifs is 1. The number of ketones is 1. The average Bonchev–Trinajstić information content (AvgIpc) is 2.26. The van der Waals surface area contributed by atoms with Crippen molar-refractivity contribution in [1.82, 2.24) is 4.72 Å². The normalized spacial score (nSPS) is 20.7. The summed E-state index contributed by atoms with van der Waals surface area (Å²) < 4.78 is 30.4. The molecular formula is C13H17NO4S. The molecule has 1 heterocycles. The molecule has 104 valence electrons. The minimum absolute atomic E-state index is 0.0411. The molecule has 19 heavy (non-hydrogen) atoms. The van der Waals surface area contributed by atoms with E-state index in [1.807, 2.05) is 13.8 Å². The highest BCUT2D eigenvalue weighted by Gasteiger charge is 2.31. The second kappa shape index (κ2) is 5.30. The van der Waals surface area contributed by atoms with Gasteiger partial charge in [-0.25, -0.2) is 0 Å². The van der Waals surface area contributed by atoms with Gasteiger partial charge in [-0.3, -0.25) is 4.79 Å². The van der Waals surface area contributed by atoms with Gasteiger partial charge in [0.25, 0.3) is 0 Å². The predicted molar refractivity (Wildman–Crippen MR) is 70.9 cm³/mol. The van der Waals surface area contributed by atoms with E-state index in [2.05, 4.69) is 4.72 Å². The lowest BCUT2D eigenvalue weighted by Gasteiger charge is -2.25. The molecule has 1 N–H and O–H groups in total. The Hall–Kier alpha value is -1.40. The standard InChI is InChI=1S/C13H17NO4S/c1-9(2)7-10(15)8-12-11-5-3-4-6-13(11)18-19(16,17)14-12/h3-6,9,12,14H,7-8H2,1-2H3/t12-/m0/s1. The number of carbonyl (C=O) groups is 1. The van der Waals surface area contributed by atoms with E-state index in [0.717, 1.165) is 0 Å². The van der Waals surface area contributed by atoms with E-state index < -0.39 is 16.3 Å². The maximum absolute atomic E-state index is 11.9. The van der Waals surface area contributed by atoms with Gasteiger partial charge in [0, 0.05) is 18.4 Å². The number of benzene rings is 1. The Bertz CT molecular complexity index is 580. The molecule has 0 saturated carbocycles. The van der Waals surface area contributed by atoms with Gasteiger partial charge in [-0.05, 0) is 12.0 Å². The Morgan fingerprint density at radius 3 is 2.74 bits per heavy atom. The zero-order valence-corrected chi connectivity index (χ0v) is 11.7. The molecule has 6 heteroatoms. The fraction of sp³-hybridized carbons (Fsp3) is 0.462. The van der Waals surface area contributed by atoms with Gasteiger partial charge in [-0.2, -0.15) is 13.1 Å². The summed E-state index contributed by atoms with van der Waals surface area (Å²) in [7, 11) is -3.82. The molecule has 0 amide bonds. The Morgan fingerprint density at radius 2 is 2.05 bits per heavy atom. The molecule has 5 nitrogen and oxygen atoms in total. The molecule has 1 aliphatic heterocycles. The van der Waals surface area contributed by atoms with Crippen LogP contribution in [0.3, 0.4) is 0 Å². The number of nitrogens with one attached hydrogen (secondary N) is 1. The number of hydrogen-bond donors (Lipinski definition) is 1. The first kappa shape index (κ1) is 14.0. The van der Waals surface area contributed by atoms with Crippen molar-refractivity contribution >= 4 is 16.1 Å². The van der Waals surface area contributed by atoms with Gasteiger partial charge in [-0.1, -0.05) is 32.0 Å². The van der Waals surface area contributed by atoms with Crippen molar-refractivity contribution in [3.63, 3.8) is 0 Å². The number of carbonyl (C=O) groups excluding carboxylic acids is 1. The maximum atomic E-state index is 11.9. The summed E-state index contributed by atoms with van der Waals surface area (Å²) in [6, 6.07) is 6.31. The Kier molecular flexibility index (Phi) is 3.91. The highest BCUT2D eigenvalue weighted by Crippen LogP contribution is 2.33. The Balaban J connectivity index is 2.23. The van der Waals surface area contributed by atoms with E-state index in [1.165, 1.54) is 0 Å². The monoisotopic (exact) mass is 283 g/mol. The maximum Gasteiger partial charge on any atom is 0.383 e. The first-order chi connectivity index (χ1) is 8.87. The van der Waals surface area contributed by atoms with Crippen LogP contribution >= 0.6 is 0 Å². The van der Waals surface area contributed by atoms with Crippen molar-refractivity contribution in [3.8, 4) is 5.75 Å². The lowest BCUT2D eigenvalue weighted by atomic mass is 9.97. The molecule has 0 spiro atoms. The molecule has 2 rings (SSSR count). The van der Waals surface area contributed by atoms with Crippen molar-refractivity contribution in [2.45, 2.75) is 32.7 Å². The van der Waals surface area contributed by atoms with Crippen LogP contribution < -0.4 is 8.91 Å². The molecule has 0 aromatic heterocycles. The van der Waals surface area contributed by atoms with E-state index in [0.29, 0.717) is 17.7 Å². The third-order valence-corrected chi connectivity index (χ3v) is 3.82. The van der Waals surface area contributed by atoms with E-state index in [-0.39, 0.29) is 18.1 Å². The summed E-state index contributed by atoms with van der Waals surface area (Å²) in [6.07, 6.45) is 0.596. The summed E-state index contributed by atoms with van der Waals surface area (Å²) in [5.41, 5.74) is 0.703. The zero-order valence-electron chi connectivity index (χ0n) is 10.9. The Morgan fingerprint density at radius 1 is 1.37 bits per heavy atom. The topological polar surface area (TPSA) is 72.5 Å². The third-order valence-electron chi connectivity index (χ3n) is 2.85. The number of para-hydroxylation sites is 1. The van der Waals surface area contributed by atoms with E-state index >= 15 is 0 Å². The van der Waals surface area contributed by atoms with Gasteiger partial charge in [0.05, 0.1) is 6.04 Å². The molecule has 0 saturated heterocycles. The fourth-order valence-corrected chi connectivity index (χ4v) is 3.14. The second-order valence-electron chi connectivity index (χ2n) is 5.09. The third kappa shape index (κ3) is 3.54. The van der Waals surface area contributed by atoms with Crippen molar-refractivity contribution in [2.24, 2.45) is 5.92 Å². The van der Waals surface area contributed by atoms with Crippen LogP contribution in [0.1, 0.15) is 38.3 Å². The van der Waals surface area contributed by atoms with Crippen molar-refractivity contribution in [3.05, 3.63) is 29.8 Å². The quantitative estimate of drug-likeness (QED) is 0.916. The van der Waals surface area contributed by atoms with Gasteiger partial charge in [-0.15, -0.1) is 0 Å². The number of Topliss-reactive ketones (excluding diaryl/α,β-unsaturated/α-hetero) is 1. The first-order valence-corrected chi connectivity index (χ1v) is 7.60. The van der Waals surface area contributed by atoms with Gasteiger partial charge in [0.1, 0.15) is 11.5 Å².